The number of nitrogens with zero attached hydrogens (tertiary/aromatic N) is 3. The van der Waals surface area contributed by atoms with Crippen LogP contribution in [0.5, 0.6) is 0 Å². The van der Waals surface area contributed by atoms with Crippen LogP contribution in [0.25, 0.3) is 10.8 Å². The molecular weight excluding hydrogens is 274 g/mol. The number of aryl methyl sites for hydroxylation is 1. The number of anilines is 1. The number of halogens is 1. The summed E-state index contributed by atoms with van der Waals surface area (Å²) in [6, 6.07) is 7.66. The van der Waals surface area contributed by atoms with Crippen LogP contribution in [0.3, 0.4) is 0 Å². The van der Waals surface area contributed by atoms with E-state index in [4.69, 9.17) is 11.6 Å². The molecule has 0 spiro atoms. The molecule has 0 amide bonds. The predicted octanol–water partition coefficient (Wildman–Crippen LogP) is 2.87. The Balaban J connectivity index is 2.65. The van der Waals surface area contributed by atoms with Crippen molar-refractivity contribution in [2.45, 2.75) is 26.8 Å². The summed E-state index contributed by atoms with van der Waals surface area (Å²) < 4.78 is 1.54. The number of hydrogen-bond donors (Lipinski definition) is 0. The number of hydrogen-bond acceptors (Lipinski definition) is 3. The second kappa shape index (κ2) is 6.75. The third-order valence-corrected chi connectivity index (χ3v) is 3.68. The van der Waals surface area contributed by atoms with Gasteiger partial charge < -0.3 is 4.90 Å². The van der Waals surface area contributed by atoms with E-state index in [1.165, 1.54) is 0 Å². The highest BCUT2D eigenvalue weighted by molar-refractivity contribution is 6.17. The van der Waals surface area contributed by atoms with Gasteiger partial charge in [0, 0.05) is 30.9 Å². The molecule has 108 valence electrons. The molecule has 0 N–H and O–H groups in total. The maximum absolute atomic E-state index is 12.4. The zero-order chi connectivity index (χ0) is 14.5. The highest BCUT2D eigenvalue weighted by atomic mass is 35.5. The lowest BCUT2D eigenvalue weighted by molar-refractivity contribution is 0.572. The Morgan fingerprint density at radius 2 is 1.85 bits per heavy atom. The normalized spacial score (nSPS) is 10.9. The highest BCUT2D eigenvalue weighted by Crippen LogP contribution is 2.21. The molecule has 1 aromatic carbocycles. The minimum atomic E-state index is -0.0402. The lowest BCUT2D eigenvalue weighted by Crippen LogP contribution is -2.30. The van der Waals surface area contributed by atoms with Gasteiger partial charge in [-0.1, -0.05) is 18.2 Å². The fourth-order valence-electron chi connectivity index (χ4n) is 2.34. The summed E-state index contributed by atoms with van der Waals surface area (Å²) >= 11 is 5.73. The first-order valence-corrected chi connectivity index (χ1v) is 7.57. The van der Waals surface area contributed by atoms with Gasteiger partial charge in [0.05, 0.1) is 5.39 Å². The van der Waals surface area contributed by atoms with Crippen molar-refractivity contribution in [3.05, 3.63) is 34.6 Å². The molecule has 2 aromatic rings. The molecule has 20 heavy (non-hydrogen) atoms. The molecule has 0 aliphatic rings. The van der Waals surface area contributed by atoms with Crippen LogP contribution in [0.4, 0.5) is 5.82 Å². The lowest BCUT2D eigenvalue weighted by Gasteiger charge is -2.22. The fraction of sp³-hybridized carbons (Fsp3) is 0.467. The Bertz CT molecular complexity index is 635. The van der Waals surface area contributed by atoms with Crippen LogP contribution in [-0.2, 0) is 6.54 Å². The molecule has 0 aliphatic heterocycles. The second-order valence-electron chi connectivity index (χ2n) is 4.61. The summed E-state index contributed by atoms with van der Waals surface area (Å²) in [5.41, 5.74) is -0.0402. The minimum absolute atomic E-state index is 0.0402. The molecule has 0 bridgehead atoms. The van der Waals surface area contributed by atoms with Gasteiger partial charge in [-0.3, -0.25) is 4.79 Å². The van der Waals surface area contributed by atoms with E-state index in [0.717, 1.165) is 36.1 Å². The number of aromatic nitrogens is 2. The first-order chi connectivity index (χ1) is 9.72. The van der Waals surface area contributed by atoms with Crippen LogP contribution in [0.1, 0.15) is 20.3 Å². The highest BCUT2D eigenvalue weighted by Gasteiger charge is 2.13. The molecule has 0 fully saturated rings. The molecule has 1 heterocycles. The zero-order valence-electron chi connectivity index (χ0n) is 12.0. The third kappa shape index (κ3) is 2.80. The monoisotopic (exact) mass is 293 g/mol. The Hall–Kier alpha value is -1.55. The van der Waals surface area contributed by atoms with Gasteiger partial charge in [-0.15, -0.1) is 11.6 Å². The van der Waals surface area contributed by atoms with Gasteiger partial charge in [-0.05, 0) is 26.3 Å². The van der Waals surface area contributed by atoms with E-state index in [0.29, 0.717) is 12.4 Å². The third-order valence-electron chi connectivity index (χ3n) is 3.41. The largest absolute Gasteiger partial charge is 0.355 e. The van der Waals surface area contributed by atoms with E-state index in [2.05, 4.69) is 23.8 Å². The molecule has 0 saturated heterocycles. The first kappa shape index (κ1) is 14.9. The summed E-state index contributed by atoms with van der Waals surface area (Å²) in [6.45, 7) is 6.46. The van der Waals surface area contributed by atoms with E-state index in [1.807, 2.05) is 24.3 Å². The quantitative estimate of drug-likeness (QED) is 0.769. The van der Waals surface area contributed by atoms with Crippen molar-refractivity contribution in [1.29, 1.82) is 0 Å². The van der Waals surface area contributed by atoms with Gasteiger partial charge in [0.1, 0.15) is 0 Å². The van der Waals surface area contributed by atoms with Crippen molar-refractivity contribution in [3.63, 3.8) is 0 Å². The van der Waals surface area contributed by atoms with Gasteiger partial charge >= 0.3 is 0 Å². The summed E-state index contributed by atoms with van der Waals surface area (Å²) in [4.78, 5) is 14.6. The molecule has 0 aliphatic carbocycles. The Morgan fingerprint density at radius 1 is 1.20 bits per heavy atom. The second-order valence-corrected chi connectivity index (χ2v) is 4.99. The molecule has 0 saturated carbocycles. The summed E-state index contributed by atoms with van der Waals surface area (Å²) in [5.74, 6) is 1.40. The molecule has 5 heteroatoms. The van der Waals surface area contributed by atoms with Crippen molar-refractivity contribution in [2.24, 2.45) is 0 Å². The first-order valence-electron chi connectivity index (χ1n) is 7.03. The van der Waals surface area contributed by atoms with Gasteiger partial charge in [-0.25, -0.2) is 4.68 Å². The summed E-state index contributed by atoms with van der Waals surface area (Å²) in [6.07, 6.45) is 0.741. The molecule has 0 atom stereocenters. The number of fused-ring (bicyclic) bond motifs is 1. The van der Waals surface area contributed by atoms with Crippen molar-refractivity contribution in [3.8, 4) is 0 Å². The lowest BCUT2D eigenvalue weighted by atomic mass is 10.1. The van der Waals surface area contributed by atoms with Gasteiger partial charge in [0.15, 0.2) is 5.82 Å². The summed E-state index contributed by atoms with van der Waals surface area (Å²) in [5, 5.41) is 6.19. The van der Waals surface area contributed by atoms with Gasteiger partial charge in [-0.2, -0.15) is 5.10 Å². The smallest absolute Gasteiger partial charge is 0.274 e. The van der Waals surface area contributed by atoms with Crippen LogP contribution >= 0.6 is 11.6 Å². The van der Waals surface area contributed by atoms with E-state index >= 15 is 0 Å². The number of rotatable bonds is 6. The van der Waals surface area contributed by atoms with Crippen LogP contribution in [0, 0.1) is 0 Å². The van der Waals surface area contributed by atoms with Gasteiger partial charge in [0.25, 0.3) is 5.56 Å². The average Bonchev–Trinajstić information content (AvgIpc) is 2.49. The molecule has 2 rings (SSSR count). The van der Waals surface area contributed by atoms with E-state index in [-0.39, 0.29) is 5.56 Å². The van der Waals surface area contributed by atoms with Crippen molar-refractivity contribution in [2.75, 3.05) is 23.9 Å². The Morgan fingerprint density at radius 3 is 2.45 bits per heavy atom. The molecule has 4 nitrogen and oxygen atoms in total. The van der Waals surface area contributed by atoms with E-state index in [1.54, 1.807) is 4.68 Å². The Labute approximate surface area is 124 Å². The van der Waals surface area contributed by atoms with Crippen LogP contribution in [-0.4, -0.2) is 28.8 Å². The zero-order valence-corrected chi connectivity index (χ0v) is 12.7. The number of alkyl halides is 1. The molecule has 0 radical (unpaired) electrons. The Kier molecular flexibility index (Phi) is 5.01. The maximum atomic E-state index is 12.4. The van der Waals surface area contributed by atoms with Gasteiger partial charge in [0.2, 0.25) is 0 Å². The number of benzene rings is 1. The standard InChI is InChI=1S/C15H20ClN3O/c1-3-18(4-2)14-12-8-5-6-9-13(12)15(20)19(17-14)11-7-10-16/h5-6,8-9H,3-4,7,10-11H2,1-2H3. The van der Waals surface area contributed by atoms with Crippen molar-refractivity contribution >= 4 is 28.2 Å². The fourth-order valence-corrected chi connectivity index (χ4v) is 2.45. The van der Waals surface area contributed by atoms with E-state index < -0.39 is 0 Å². The maximum Gasteiger partial charge on any atom is 0.274 e. The SMILES string of the molecule is CCN(CC)c1nn(CCCCl)c(=O)c2ccccc12. The predicted molar refractivity (Wildman–Crippen MR) is 84.9 cm³/mol. The average molecular weight is 294 g/mol. The topological polar surface area (TPSA) is 38.1 Å². The molecule has 1 aromatic heterocycles. The van der Waals surface area contributed by atoms with Crippen LogP contribution < -0.4 is 10.5 Å². The van der Waals surface area contributed by atoms with Crippen molar-refractivity contribution in [1.82, 2.24) is 9.78 Å². The summed E-state index contributed by atoms with van der Waals surface area (Å²) in [7, 11) is 0. The van der Waals surface area contributed by atoms with Crippen LogP contribution in [0.2, 0.25) is 0 Å². The molecule has 0 unspecified atom stereocenters. The van der Waals surface area contributed by atoms with E-state index in [9.17, 15) is 4.79 Å². The van der Waals surface area contributed by atoms with Crippen molar-refractivity contribution < 1.29 is 0 Å². The minimum Gasteiger partial charge on any atom is -0.355 e. The molecular formula is C15H20ClN3O. The van der Waals surface area contributed by atoms with Crippen LogP contribution in [0.15, 0.2) is 29.1 Å².